The van der Waals surface area contributed by atoms with E-state index in [1.165, 1.54) is 0 Å². The highest BCUT2D eigenvalue weighted by Crippen LogP contribution is 2.35. The first-order chi connectivity index (χ1) is 14.9. The Morgan fingerprint density at radius 2 is 1.50 bits per heavy atom. The maximum absolute atomic E-state index is 12.7. The Morgan fingerprint density at radius 1 is 0.969 bits per heavy atom. The van der Waals surface area contributed by atoms with Crippen molar-refractivity contribution in [2.24, 2.45) is 5.41 Å². The minimum absolute atomic E-state index is 0.0390. The van der Waals surface area contributed by atoms with Gasteiger partial charge in [-0.25, -0.2) is 4.79 Å². The number of hydrogen-bond donors (Lipinski definition) is 2. The van der Waals surface area contributed by atoms with Crippen LogP contribution in [0.4, 0.5) is 4.79 Å². The quantitative estimate of drug-likeness (QED) is 0.429. The van der Waals surface area contributed by atoms with Gasteiger partial charge >= 0.3 is 18.0 Å². The van der Waals surface area contributed by atoms with Crippen molar-refractivity contribution in [1.29, 1.82) is 0 Å². The molecule has 0 aliphatic carbocycles. The molecule has 2 N–H and O–H groups in total. The maximum Gasteiger partial charge on any atom is 0.411 e. The van der Waals surface area contributed by atoms with Crippen LogP contribution in [0.5, 0.6) is 0 Å². The summed E-state index contributed by atoms with van der Waals surface area (Å²) in [6.07, 6.45) is -1.06. The Hall–Kier alpha value is -3.06. The molecular weight excluding hydrogens is 434 g/mol. The lowest BCUT2D eigenvalue weighted by Gasteiger charge is -2.35. The lowest BCUT2D eigenvalue weighted by atomic mass is 9.79. The molecule has 1 amide bonds. The van der Waals surface area contributed by atoms with Crippen molar-refractivity contribution >= 4 is 29.6 Å². The predicted molar refractivity (Wildman–Crippen MR) is 120 cm³/mol. The first kappa shape index (κ1) is 25.2. The van der Waals surface area contributed by atoms with E-state index in [1.54, 1.807) is 69.3 Å². The smallest absolute Gasteiger partial charge is 0.411 e. The molecule has 0 fully saturated rings. The zero-order valence-corrected chi connectivity index (χ0v) is 19.1. The number of alkyl carbamates (subject to hydrolysis) is 1. The summed E-state index contributed by atoms with van der Waals surface area (Å²) in [7, 11) is 0. The van der Waals surface area contributed by atoms with Gasteiger partial charge in [0.2, 0.25) is 6.79 Å². The molecule has 8 heteroatoms. The van der Waals surface area contributed by atoms with Crippen LogP contribution in [0.2, 0.25) is 5.02 Å². The number of amides is 1. The number of hydrogen-bond acceptors (Lipinski definition) is 5. The molecule has 0 bridgehead atoms. The fourth-order valence-electron chi connectivity index (χ4n) is 3.04. The van der Waals surface area contributed by atoms with Crippen LogP contribution in [-0.2, 0) is 24.6 Å². The van der Waals surface area contributed by atoms with Crippen molar-refractivity contribution in [3.63, 3.8) is 0 Å². The number of nitrogens with one attached hydrogen (secondary N) is 1. The van der Waals surface area contributed by atoms with Crippen molar-refractivity contribution in [3.05, 3.63) is 77.2 Å². The molecule has 32 heavy (non-hydrogen) atoms. The molecule has 0 saturated carbocycles. The lowest BCUT2D eigenvalue weighted by Crippen LogP contribution is -2.47. The van der Waals surface area contributed by atoms with Crippen LogP contribution in [0.1, 0.15) is 50.3 Å². The van der Waals surface area contributed by atoms with Crippen molar-refractivity contribution in [3.8, 4) is 0 Å². The molecule has 0 heterocycles. The van der Waals surface area contributed by atoms with Crippen LogP contribution in [0.25, 0.3) is 0 Å². The van der Waals surface area contributed by atoms with Gasteiger partial charge in [0.05, 0.1) is 11.0 Å². The third kappa shape index (κ3) is 6.72. The number of halogens is 1. The Labute approximate surface area is 192 Å². The Bertz CT molecular complexity index is 902. The number of esters is 1. The van der Waals surface area contributed by atoms with Gasteiger partial charge in [-0.05, 0) is 62.9 Å². The van der Waals surface area contributed by atoms with Gasteiger partial charge in [-0.1, -0.05) is 48.0 Å². The molecule has 171 valence electrons. The van der Waals surface area contributed by atoms with Gasteiger partial charge in [0, 0.05) is 11.4 Å². The first-order valence-corrected chi connectivity index (χ1v) is 10.3. The van der Waals surface area contributed by atoms with Crippen LogP contribution >= 0.6 is 11.6 Å². The number of benzene rings is 2. The van der Waals surface area contributed by atoms with Crippen LogP contribution in [0, 0.1) is 12.3 Å². The highest BCUT2D eigenvalue weighted by Gasteiger charge is 2.37. The Balaban J connectivity index is 2.38. The standard InChI is InChI=1S/C24H27ClNO6/c1-16-5-7-17(8-6-16)24(14-13-20(27)28,18-9-11-19(25)12-10-18)26-22(30)32-15-31-21(29)23(2,3)4/h5-12H,1,13-15H2,2-4H3,(H,26,30)(H,27,28). The van der Waals surface area contributed by atoms with Gasteiger partial charge in [-0.2, -0.15) is 0 Å². The second-order valence-electron chi connectivity index (χ2n) is 8.36. The fraction of sp³-hybridized carbons (Fsp3) is 0.333. The Morgan fingerprint density at radius 3 is 2.00 bits per heavy atom. The van der Waals surface area contributed by atoms with Crippen LogP contribution < -0.4 is 5.32 Å². The van der Waals surface area contributed by atoms with Crippen molar-refractivity contribution in [2.75, 3.05) is 6.79 Å². The maximum atomic E-state index is 12.7. The number of aliphatic carboxylic acids is 1. The molecule has 0 saturated heterocycles. The summed E-state index contributed by atoms with van der Waals surface area (Å²) in [6, 6.07) is 13.8. The van der Waals surface area contributed by atoms with E-state index in [2.05, 4.69) is 12.2 Å². The number of carbonyl (C=O) groups excluding carboxylic acids is 2. The van der Waals surface area contributed by atoms with Crippen LogP contribution in [0.15, 0.2) is 48.5 Å². The fourth-order valence-corrected chi connectivity index (χ4v) is 3.17. The van der Waals surface area contributed by atoms with E-state index in [4.69, 9.17) is 21.1 Å². The molecule has 0 aromatic heterocycles. The van der Waals surface area contributed by atoms with Gasteiger partial charge in [0.15, 0.2) is 0 Å². The SMILES string of the molecule is [CH2]c1ccc(C(CCC(=O)O)(NC(=O)OCOC(=O)C(C)(C)C)c2ccc(Cl)cc2)cc1. The van der Waals surface area contributed by atoms with Crippen molar-refractivity contribution in [2.45, 2.75) is 39.2 Å². The molecule has 1 unspecified atom stereocenters. The number of ether oxygens (including phenoxy) is 2. The average Bonchev–Trinajstić information content (AvgIpc) is 2.71. The molecule has 0 spiro atoms. The van der Waals surface area contributed by atoms with Crippen LogP contribution in [0.3, 0.4) is 0 Å². The number of carboxylic acids is 1. The van der Waals surface area contributed by atoms with Gasteiger partial charge in [0.1, 0.15) is 0 Å². The van der Waals surface area contributed by atoms with Crippen LogP contribution in [-0.4, -0.2) is 29.9 Å². The predicted octanol–water partition coefficient (Wildman–Crippen LogP) is 4.90. The third-order valence-electron chi connectivity index (χ3n) is 4.81. The van der Waals surface area contributed by atoms with Gasteiger partial charge in [-0.15, -0.1) is 0 Å². The van der Waals surface area contributed by atoms with E-state index in [-0.39, 0.29) is 12.8 Å². The second kappa shape index (κ2) is 10.5. The van der Waals surface area contributed by atoms with Crippen molar-refractivity contribution < 1.29 is 29.0 Å². The molecular formula is C24H27ClNO6. The Kier molecular flexibility index (Phi) is 8.27. The number of rotatable bonds is 8. The largest absolute Gasteiger partial charge is 0.481 e. The van der Waals surface area contributed by atoms with E-state index in [0.717, 1.165) is 5.56 Å². The third-order valence-corrected chi connectivity index (χ3v) is 5.06. The molecule has 7 nitrogen and oxygen atoms in total. The van der Waals surface area contributed by atoms with Gasteiger partial charge in [-0.3, -0.25) is 9.59 Å². The summed E-state index contributed by atoms with van der Waals surface area (Å²) in [4.78, 5) is 36.0. The summed E-state index contributed by atoms with van der Waals surface area (Å²) in [6.45, 7) is 8.33. The van der Waals surface area contributed by atoms with Gasteiger partial charge in [0.25, 0.3) is 0 Å². The van der Waals surface area contributed by atoms with E-state index in [9.17, 15) is 19.5 Å². The highest BCUT2D eigenvalue weighted by atomic mass is 35.5. The summed E-state index contributed by atoms with van der Waals surface area (Å²) in [5.74, 6) is -1.54. The van der Waals surface area contributed by atoms with E-state index >= 15 is 0 Å². The zero-order chi connectivity index (χ0) is 23.9. The van der Waals surface area contributed by atoms with Gasteiger partial charge < -0.3 is 19.9 Å². The van der Waals surface area contributed by atoms with E-state index in [0.29, 0.717) is 16.1 Å². The normalized spacial score (nSPS) is 13.0. The average molecular weight is 461 g/mol. The zero-order valence-electron chi connectivity index (χ0n) is 18.3. The highest BCUT2D eigenvalue weighted by molar-refractivity contribution is 6.30. The summed E-state index contributed by atoms with van der Waals surface area (Å²) >= 11 is 6.03. The molecule has 2 rings (SSSR count). The molecule has 1 atom stereocenters. The number of carboxylic acid groups (broad SMARTS) is 1. The molecule has 2 aromatic rings. The molecule has 1 radical (unpaired) electrons. The van der Waals surface area contributed by atoms with Crippen molar-refractivity contribution in [1.82, 2.24) is 5.32 Å². The summed E-state index contributed by atoms with van der Waals surface area (Å²) in [5, 5.41) is 12.6. The number of carbonyl (C=O) groups is 3. The van der Waals surface area contributed by atoms with E-state index in [1.807, 2.05) is 0 Å². The lowest BCUT2D eigenvalue weighted by molar-refractivity contribution is -0.161. The molecule has 2 aromatic carbocycles. The van der Waals surface area contributed by atoms with E-state index < -0.39 is 35.8 Å². The summed E-state index contributed by atoms with van der Waals surface area (Å²) < 4.78 is 10.1. The minimum atomic E-state index is -1.23. The molecule has 0 aliphatic rings. The minimum Gasteiger partial charge on any atom is -0.481 e. The monoisotopic (exact) mass is 460 g/mol. The first-order valence-electron chi connectivity index (χ1n) is 9.96. The molecule has 0 aliphatic heterocycles. The summed E-state index contributed by atoms with van der Waals surface area (Å²) in [5.41, 5.74) is 0.0286. The topological polar surface area (TPSA) is 102 Å². The second-order valence-corrected chi connectivity index (χ2v) is 8.80.